The minimum Gasteiger partial charge on any atom is -0.355 e. The second kappa shape index (κ2) is 8.35. The fourth-order valence-corrected chi connectivity index (χ4v) is 2.19. The van der Waals surface area contributed by atoms with Gasteiger partial charge in [0.2, 0.25) is 11.8 Å². The lowest BCUT2D eigenvalue weighted by molar-refractivity contribution is -0.141. The first-order chi connectivity index (χ1) is 9.63. The molecule has 0 spiro atoms. The summed E-state index contributed by atoms with van der Waals surface area (Å²) in [5.41, 5.74) is 1.04. The molecular formula is C16H24N2O2. The molecular weight excluding hydrogens is 252 g/mol. The van der Waals surface area contributed by atoms with Gasteiger partial charge in [0.25, 0.3) is 0 Å². The molecule has 20 heavy (non-hydrogen) atoms. The molecule has 2 amide bonds. The monoisotopic (exact) mass is 276 g/mol. The third kappa shape index (κ3) is 4.37. The maximum absolute atomic E-state index is 12.2. The number of benzene rings is 1. The zero-order chi connectivity index (χ0) is 15.0. The Bertz CT molecular complexity index is 431. The Labute approximate surface area is 121 Å². The SMILES string of the molecule is CCNC(=O)[C@@H](CC)N(Cc1ccccc1)C(=O)CC. The normalized spacial score (nSPS) is 11.8. The van der Waals surface area contributed by atoms with E-state index >= 15 is 0 Å². The van der Waals surface area contributed by atoms with Crippen LogP contribution >= 0.6 is 0 Å². The lowest BCUT2D eigenvalue weighted by Gasteiger charge is -2.30. The fraction of sp³-hybridized carbons (Fsp3) is 0.500. The lowest BCUT2D eigenvalue weighted by Crippen LogP contribution is -2.48. The summed E-state index contributed by atoms with van der Waals surface area (Å²) < 4.78 is 0. The summed E-state index contributed by atoms with van der Waals surface area (Å²) >= 11 is 0. The van der Waals surface area contributed by atoms with E-state index in [2.05, 4.69) is 5.32 Å². The summed E-state index contributed by atoms with van der Waals surface area (Å²) in [6.45, 7) is 6.69. The predicted octanol–water partition coefficient (Wildman–Crippen LogP) is 2.34. The zero-order valence-electron chi connectivity index (χ0n) is 12.6. The summed E-state index contributed by atoms with van der Waals surface area (Å²) in [7, 11) is 0. The first kappa shape index (κ1) is 16.2. The smallest absolute Gasteiger partial charge is 0.242 e. The van der Waals surface area contributed by atoms with Crippen LogP contribution in [0, 0.1) is 0 Å². The van der Waals surface area contributed by atoms with Crippen molar-refractivity contribution in [2.45, 2.75) is 46.2 Å². The molecule has 0 saturated carbocycles. The number of hydrogen-bond donors (Lipinski definition) is 1. The Kier molecular flexibility index (Phi) is 6.77. The highest BCUT2D eigenvalue weighted by molar-refractivity contribution is 5.87. The van der Waals surface area contributed by atoms with Crippen LogP contribution in [0.3, 0.4) is 0 Å². The van der Waals surface area contributed by atoms with E-state index in [0.717, 1.165) is 5.56 Å². The quantitative estimate of drug-likeness (QED) is 0.831. The van der Waals surface area contributed by atoms with Gasteiger partial charge < -0.3 is 10.2 Å². The van der Waals surface area contributed by atoms with Crippen LogP contribution in [0.4, 0.5) is 0 Å². The van der Waals surface area contributed by atoms with Gasteiger partial charge in [0.05, 0.1) is 0 Å². The predicted molar refractivity (Wildman–Crippen MR) is 80.0 cm³/mol. The van der Waals surface area contributed by atoms with Crippen molar-refractivity contribution in [3.63, 3.8) is 0 Å². The Morgan fingerprint density at radius 1 is 1.15 bits per heavy atom. The molecule has 0 heterocycles. The Morgan fingerprint density at radius 2 is 1.80 bits per heavy atom. The molecule has 0 aromatic heterocycles. The Balaban J connectivity index is 2.92. The zero-order valence-corrected chi connectivity index (χ0v) is 12.6. The van der Waals surface area contributed by atoms with Crippen molar-refractivity contribution in [2.75, 3.05) is 6.54 Å². The lowest BCUT2D eigenvalue weighted by atomic mass is 10.1. The molecule has 1 rings (SSSR count). The summed E-state index contributed by atoms with van der Waals surface area (Å²) in [6, 6.07) is 9.37. The molecule has 1 atom stereocenters. The molecule has 0 saturated heterocycles. The molecule has 0 aliphatic rings. The van der Waals surface area contributed by atoms with Crippen LogP contribution in [0.15, 0.2) is 30.3 Å². The fourth-order valence-electron chi connectivity index (χ4n) is 2.19. The first-order valence-electron chi connectivity index (χ1n) is 7.25. The molecule has 0 aliphatic heterocycles. The van der Waals surface area contributed by atoms with E-state index in [9.17, 15) is 9.59 Å². The van der Waals surface area contributed by atoms with E-state index in [1.165, 1.54) is 0 Å². The Morgan fingerprint density at radius 3 is 2.30 bits per heavy atom. The number of likely N-dealkylation sites (N-methyl/N-ethyl adjacent to an activating group) is 1. The van der Waals surface area contributed by atoms with Crippen molar-refractivity contribution >= 4 is 11.8 Å². The van der Waals surface area contributed by atoms with Gasteiger partial charge >= 0.3 is 0 Å². The molecule has 0 aliphatic carbocycles. The van der Waals surface area contributed by atoms with E-state index in [0.29, 0.717) is 25.9 Å². The second-order valence-electron chi connectivity index (χ2n) is 4.68. The van der Waals surface area contributed by atoms with Gasteiger partial charge in [0, 0.05) is 19.5 Å². The molecule has 1 aromatic carbocycles. The average Bonchev–Trinajstić information content (AvgIpc) is 2.47. The van der Waals surface area contributed by atoms with Crippen molar-refractivity contribution in [3.05, 3.63) is 35.9 Å². The minimum atomic E-state index is -0.400. The summed E-state index contributed by atoms with van der Waals surface area (Å²) in [5.74, 6) is -0.0697. The van der Waals surface area contributed by atoms with Gasteiger partial charge in [-0.15, -0.1) is 0 Å². The van der Waals surface area contributed by atoms with Crippen molar-refractivity contribution in [3.8, 4) is 0 Å². The standard InChI is InChI=1S/C16H24N2O2/c1-4-14(16(20)17-6-3)18(15(19)5-2)12-13-10-8-7-9-11-13/h7-11,14H,4-6,12H2,1-3H3,(H,17,20)/t14-/m1/s1. The molecule has 0 fully saturated rings. The average molecular weight is 276 g/mol. The highest BCUT2D eigenvalue weighted by Gasteiger charge is 2.27. The highest BCUT2D eigenvalue weighted by Crippen LogP contribution is 2.13. The molecule has 4 heteroatoms. The molecule has 110 valence electrons. The van der Waals surface area contributed by atoms with Gasteiger partial charge in [-0.05, 0) is 18.9 Å². The van der Waals surface area contributed by atoms with Gasteiger partial charge in [-0.3, -0.25) is 9.59 Å². The highest BCUT2D eigenvalue weighted by atomic mass is 16.2. The van der Waals surface area contributed by atoms with Gasteiger partial charge in [-0.1, -0.05) is 44.2 Å². The minimum absolute atomic E-state index is 0.00644. The number of amides is 2. The van der Waals surface area contributed by atoms with Crippen molar-refractivity contribution in [1.29, 1.82) is 0 Å². The van der Waals surface area contributed by atoms with E-state index in [4.69, 9.17) is 0 Å². The summed E-state index contributed by atoms with van der Waals surface area (Å²) in [4.78, 5) is 26.0. The Hall–Kier alpha value is -1.84. The maximum atomic E-state index is 12.2. The summed E-state index contributed by atoms with van der Waals surface area (Å²) in [6.07, 6.45) is 1.02. The van der Waals surface area contributed by atoms with Gasteiger partial charge in [0.1, 0.15) is 6.04 Å². The number of carbonyl (C=O) groups is 2. The topological polar surface area (TPSA) is 49.4 Å². The van der Waals surface area contributed by atoms with Crippen LogP contribution in [0.25, 0.3) is 0 Å². The maximum Gasteiger partial charge on any atom is 0.242 e. The number of rotatable bonds is 7. The molecule has 0 radical (unpaired) electrons. The largest absolute Gasteiger partial charge is 0.355 e. The molecule has 0 unspecified atom stereocenters. The van der Waals surface area contributed by atoms with Gasteiger partial charge in [-0.2, -0.15) is 0 Å². The number of carbonyl (C=O) groups excluding carboxylic acids is 2. The van der Waals surface area contributed by atoms with E-state index in [1.54, 1.807) is 4.90 Å². The van der Waals surface area contributed by atoms with Gasteiger partial charge in [0.15, 0.2) is 0 Å². The third-order valence-corrected chi connectivity index (χ3v) is 3.24. The van der Waals surface area contributed by atoms with Crippen LogP contribution in [0.2, 0.25) is 0 Å². The van der Waals surface area contributed by atoms with Crippen molar-refractivity contribution < 1.29 is 9.59 Å². The third-order valence-electron chi connectivity index (χ3n) is 3.24. The van der Waals surface area contributed by atoms with E-state index in [-0.39, 0.29) is 11.8 Å². The molecule has 1 aromatic rings. The van der Waals surface area contributed by atoms with Crippen LogP contribution < -0.4 is 5.32 Å². The van der Waals surface area contributed by atoms with Crippen LogP contribution in [-0.4, -0.2) is 29.3 Å². The van der Waals surface area contributed by atoms with Gasteiger partial charge in [-0.25, -0.2) is 0 Å². The summed E-state index contributed by atoms with van der Waals surface area (Å²) in [5, 5.41) is 2.81. The van der Waals surface area contributed by atoms with Crippen LogP contribution in [0.5, 0.6) is 0 Å². The number of nitrogens with one attached hydrogen (secondary N) is 1. The molecule has 4 nitrogen and oxygen atoms in total. The van der Waals surface area contributed by atoms with Crippen LogP contribution in [0.1, 0.15) is 39.2 Å². The first-order valence-corrected chi connectivity index (χ1v) is 7.25. The molecule has 0 bridgehead atoms. The van der Waals surface area contributed by atoms with E-state index in [1.807, 2.05) is 51.1 Å². The van der Waals surface area contributed by atoms with Crippen molar-refractivity contribution in [2.24, 2.45) is 0 Å². The van der Waals surface area contributed by atoms with Crippen LogP contribution in [-0.2, 0) is 16.1 Å². The second-order valence-corrected chi connectivity index (χ2v) is 4.68. The number of hydrogen-bond acceptors (Lipinski definition) is 2. The van der Waals surface area contributed by atoms with E-state index < -0.39 is 6.04 Å². The van der Waals surface area contributed by atoms with Crippen molar-refractivity contribution in [1.82, 2.24) is 10.2 Å². The number of nitrogens with zero attached hydrogens (tertiary/aromatic N) is 1. The molecule has 1 N–H and O–H groups in total.